The first-order valence-corrected chi connectivity index (χ1v) is 8.96. The van der Waals surface area contributed by atoms with Crippen LogP contribution in [0.3, 0.4) is 0 Å². The van der Waals surface area contributed by atoms with Crippen LogP contribution in [0.25, 0.3) is 0 Å². The SMILES string of the molecule is CCC1CCCC(CCOC(C)c2ccccc2)CCC1. The summed E-state index contributed by atoms with van der Waals surface area (Å²) >= 11 is 0. The molecule has 0 spiro atoms. The Labute approximate surface area is 131 Å². The van der Waals surface area contributed by atoms with E-state index in [4.69, 9.17) is 4.74 Å². The number of ether oxygens (including phenoxy) is 1. The lowest BCUT2D eigenvalue weighted by Crippen LogP contribution is -2.12. The first-order valence-electron chi connectivity index (χ1n) is 8.96. The highest BCUT2D eigenvalue weighted by Crippen LogP contribution is 2.29. The van der Waals surface area contributed by atoms with Crippen LogP contribution >= 0.6 is 0 Å². The number of benzene rings is 1. The Hall–Kier alpha value is -0.820. The van der Waals surface area contributed by atoms with Gasteiger partial charge in [-0.1, -0.05) is 82.2 Å². The Morgan fingerprint density at radius 2 is 1.62 bits per heavy atom. The molecule has 0 bridgehead atoms. The molecule has 118 valence electrons. The Bertz CT molecular complexity index is 363. The van der Waals surface area contributed by atoms with E-state index in [0.29, 0.717) is 0 Å². The third kappa shape index (κ3) is 5.82. The van der Waals surface area contributed by atoms with Gasteiger partial charge in [0.05, 0.1) is 6.10 Å². The standard InChI is InChI=1S/C20H32O/c1-3-18-9-7-11-19(12-8-10-18)15-16-21-17(2)20-13-5-4-6-14-20/h4-6,13-14,17-19H,3,7-12,15-16H2,1-2H3. The Kier molecular flexibility index (Phi) is 7.29. The maximum Gasteiger partial charge on any atom is 0.0796 e. The Balaban J connectivity index is 1.66. The van der Waals surface area contributed by atoms with E-state index in [1.54, 1.807) is 0 Å². The zero-order chi connectivity index (χ0) is 14.9. The number of hydrogen-bond donors (Lipinski definition) is 0. The molecule has 1 aliphatic carbocycles. The van der Waals surface area contributed by atoms with Crippen LogP contribution in [0, 0.1) is 11.8 Å². The summed E-state index contributed by atoms with van der Waals surface area (Å²) < 4.78 is 6.05. The molecular weight excluding hydrogens is 256 g/mol. The monoisotopic (exact) mass is 288 g/mol. The summed E-state index contributed by atoms with van der Waals surface area (Å²) in [6.45, 7) is 5.43. The van der Waals surface area contributed by atoms with E-state index in [-0.39, 0.29) is 6.10 Å². The molecule has 0 heterocycles. The van der Waals surface area contributed by atoms with Crippen LogP contribution in [-0.4, -0.2) is 6.61 Å². The molecule has 1 atom stereocenters. The van der Waals surface area contributed by atoms with E-state index in [1.807, 2.05) is 0 Å². The first kappa shape index (κ1) is 16.5. The van der Waals surface area contributed by atoms with Crippen molar-refractivity contribution in [3.05, 3.63) is 35.9 Å². The van der Waals surface area contributed by atoms with Crippen molar-refractivity contribution in [1.29, 1.82) is 0 Å². The van der Waals surface area contributed by atoms with Gasteiger partial charge in [0.25, 0.3) is 0 Å². The Morgan fingerprint density at radius 3 is 2.24 bits per heavy atom. The smallest absolute Gasteiger partial charge is 0.0796 e. The summed E-state index contributed by atoms with van der Waals surface area (Å²) in [6, 6.07) is 10.6. The predicted octanol–water partition coefficient (Wildman–Crippen LogP) is 6.15. The maximum atomic E-state index is 6.05. The quantitative estimate of drug-likeness (QED) is 0.610. The third-order valence-electron chi connectivity index (χ3n) is 5.19. The van der Waals surface area contributed by atoms with Crippen LogP contribution in [0.4, 0.5) is 0 Å². The van der Waals surface area contributed by atoms with Gasteiger partial charge < -0.3 is 4.74 Å². The van der Waals surface area contributed by atoms with Gasteiger partial charge in [-0.3, -0.25) is 0 Å². The highest BCUT2D eigenvalue weighted by Gasteiger charge is 2.16. The summed E-state index contributed by atoms with van der Waals surface area (Å²) in [5.74, 6) is 1.89. The fourth-order valence-electron chi connectivity index (χ4n) is 3.61. The molecule has 0 aromatic heterocycles. The molecule has 1 heteroatoms. The average Bonchev–Trinajstić information content (AvgIpc) is 2.50. The molecule has 21 heavy (non-hydrogen) atoms. The zero-order valence-electron chi connectivity index (χ0n) is 13.9. The highest BCUT2D eigenvalue weighted by atomic mass is 16.5. The molecule has 0 N–H and O–H groups in total. The summed E-state index contributed by atoms with van der Waals surface area (Å²) in [7, 11) is 0. The second kappa shape index (κ2) is 9.25. The van der Waals surface area contributed by atoms with E-state index in [1.165, 1.54) is 56.9 Å². The molecule has 1 aromatic carbocycles. The van der Waals surface area contributed by atoms with E-state index in [9.17, 15) is 0 Å². The summed E-state index contributed by atoms with van der Waals surface area (Å²) in [5, 5.41) is 0. The molecule has 0 saturated heterocycles. The lowest BCUT2D eigenvalue weighted by molar-refractivity contribution is 0.0532. The van der Waals surface area contributed by atoms with Crippen LogP contribution in [0.1, 0.15) is 76.9 Å². The van der Waals surface area contributed by atoms with Crippen molar-refractivity contribution >= 4 is 0 Å². The van der Waals surface area contributed by atoms with Crippen molar-refractivity contribution in [3.63, 3.8) is 0 Å². The van der Waals surface area contributed by atoms with Gasteiger partial charge >= 0.3 is 0 Å². The zero-order valence-corrected chi connectivity index (χ0v) is 13.9. The van der Waals surface area contributed by atoms with E-state index in [2.05, 4.69) is 44.2 Å². The van der Waals surface area contributed by atoms with Gasteiger partial charge in [0.2, 0.25) is 0 Å². The van der Waals surface area contributed by atoms with Gasteiger partial charge in [0, 0.05) is 6.61 Å². The molecule has 0 aliphatic heterocycles. The summed E-state index contributed by atoms with van der Waals surface area (Å²) in [6.07, 6.45) is 11.4. The van der Waals surface area contributed by atoms with Gasteiger partial charge in [-0.15, -0.1) is 0 Å². The minimum Gasteiger partial charge on any atom is -0.374 e. The van der Waals surface area contributed by atoms with Crippen LogP contribution in [-0.2, 0) is 4.74 Å². The lowest BCUT2D eigenvalue weighted by atomic mass is 9.83. The van der Waals surface area contributed by atoms with Crippen LogP contribution < -0.4 is 0 Å². The van der Waals surface area contributed by atoms with Crippen LogP contribution in [0.2, 0.25) is 0 Å². The first-order chi connectivity index (χ1) is 10.3. The van der Waals surface area contributed by atoms with E-state index in [0.717, 1.165) is 18.4 Å². The van der Waals surface area contributed by atoms with Crippen LogP contribution in [0.5, 0.6) is 0 Å². The summed E-state index contributed by atoms with van der Waals surface area (Å²) in [5.41, 5.74) is 1.29. The molecule has 1 aliphatic rings. The second-order valence-corrected chi connectivity index (χ2v) is 6.71. The number of hydrogen-bond acceptors (Lipinski definition) is 1. The minimum absolute atomic E-state index is 0.226. The van der Waals surface area contributed by atoms with Gasteiger partial charge in [0.15, 0.2) is 0 Å². The lowest BCUT2D eigenvalue weighted by Gasteiger charge is -2.24. The van der Waals surface area contributed by atoms with Gasteiger partial charge in [0.1, 0.15) is 0 Å². The largest absolute Gasteiger partial charge is 0.374 e. The minimum atomic E-state index is 0.226. The molecule has 0 radical (unpaired) electrons. The second-order valence-electron chi connectivity index (χ2n) is 6.71. The van der Waals surface area contributed by atoms with Crippen LogP contribution in [0.15, 0.2) is 30.3 Å². The van der Waals surface area contributed by atoms with Crippen molar-refractivity contribution < 1.29 is 4.74 Å². The van der Waals surface area contributed by atoms with Crippen molar-refractivity contribution in [1.82, 2.24) is 0 Å². The fourth-order valence-corrected chi connectivity index (χ4v) is 3.61. The number of rotatable bonds is 6. The molecule has 1 unspecified atom stereocenters. The maximum absolute atomic E-state index is 6.05. The van der Waals surface area contributed by atoms with Gasteiger partial charge in [-0.2, -0.15) is 0 Å². The molecule has 1 nitrogen and oxygen atoms in total. The molecule has 1 fully saturated rings. The highest BCUT2D eigenvalue weighted by molar-refractivity contribution is 5.16. The molecule has 1 aromatic rings. The molecule has 1 saturated carbocycles. The van der Waals surface area contributed by atoms with E-state index < -0.39 is 0 Å². The van der Waals surface area contributed by atoms with Crippen molar-refractivity contribution in [2.45, 2.75) is 71.3 Å². The summed E-state index contributed by atoms with van der Waals surface area (Å²) in [4.78, 5) is 0. The van der Waals surface area contributed by atoms with Crippen molar-refractivity contribution in [2.24, 2.45) is 11.8 Å². The predicted molar refractivity (Wildman–Crippen MR) is 90.4 cm³/mol. The normalized spacial score (nSPS) is 25.0. The topological polar surface area (TPSA) is 9.23 Å². The fraction of sp³-hybridized carbons (Fsp3) is 0.700. The average molecular weight is 288 g/mol. The van der Waals surface area contributed by atoms with Crippen molar-refractivity contribution in [2.75, 3.05) is 6.61 Å². The molecule has 2 rings (SSSR count). The molecular formula is C20H32O. The third-order valence-corrected chi connectivity index (χ3v) is 5.19. The molecule has 0 amide bonds. The van der Waals surface area contributed by atoms with E-state index >= 15 is 0 Å². The van der Waals surface area contributed by atoms with Gasteiger partial charge in [-0.05, 0) is 30.7 Å². The van der Waals surface area contributed by atoms with Gasteiger partial charge in [-0.25, -0.2) is 0 Å². The van der Waals surface area contributed by atoms with Crippen molar-refractivity contribution in [3.8, 4) is 0 Å². The Morgan fingerprint density at radius 1 is 1.00 bits per heavy atom.